The van der Waals surface area contributed by atoms with Crippen LogP contribution in [0.3, 0.4) is 0 Å². The van der Waals surface area contributed by atoms with Crippen LogP contribution in [0.25, 0.3) is 0 Å². The zero-order chi connectivity index (χ0) is 14.4. The van der Waals surface area contributed by atoms with Gasteiger partial charge in [0.15, 0.2) is 0 Å². The average Bonchev–Trinajstić information content (AvgIpc) is 3.07. The van der Waals surface area contributed by atoms with Crippen LogP contribution < -0.4 is 5.32 Å². The lowest BCUT2D eigenvalue weighted by Gasteiger charge is -2.23. The Morgan fingerprint density at radius 3 is 2.85 bits per heavy atom. The quantitative estimate of drug-likeness (QED) is 0.819. The van der Waals surface area contributed by atoms with Crippen molar-refractivity contribution in [3.8, 4) is 0 Å². The summed E-state index contributed by atoms with van der Waals surface area (Å²) in [5.74, 6) is 0.167. The Balaban J connectivity index is 1.58. The van der Waals surface area contributed by atoms with E-state index in [2.05, 4.69) is 22.2 Å². The summed E-state index contributed by atoms with van der Waals surface area (Å²) in [5.41, 5.74) is 1.17. The third-order valence-electron chi connectivity index (χ3n) is 4.05. The van der Waals surface area contributed by atoms with Crippen molar-refractivity contribution in [2.24, 2.45) is 7.05 Å². The van der Waals surface area contributed by atoms with E-state index in [-0.39, 0.29) is 5.91 Å². The van der Waals surface area contributed by atoms with E-state index in [4.69, 9.17) is 0 Å². The molecule has 0 spiro atoms. The number of aryl methyl sites for hydroxylation is 1. The van der Waals surface area contributed by atoms with Crippen LogP contribution in [-0.2, 0) is 18.3 Å². The van der Waals surface area contributed by atoms with Gasteiger partial charge in [-0.3, -0.25) is 9.48 Å². The molecule has 112 valence electrons. The molecule has 2 heterocycles. The summed E-state index contributed by atoms with van der Waals surface area (Å²) in [4.78, 5) is 14.3. The third-order valence-corrected chi connectivity index (χ3v) is 4.05. The Hall–Kier alpha value is -1.36. The molecular weight excluding hydrogens is 252 g/mol. The first kappa shape index (κ1) is 15.0. The molecule has 0 aliphatic carbocycles. The minimum Gasteiger partial charge on any atom is -0.356 e. The van der Waals surface area contributed by atoms with Crippen molar-refractivity contribution in [1.82, 2.24) is 20.0 Å². The Labute approximate surface area is 121 Å². The number of likely N-dealkylation sites (tertiary alicyclic amines) is 1. The minimum absolute atomic E-state index is 0.167. The molecule has 1 aromatic rings. The number of nitrogens with zero attached hydrogens (tertiary/aromatic N) is 3. The fraction of sp³-hybridized carbons (Fsp3) is 0.733. The van der Waals surface area contributed by atoms with Crippen LogP contribution in [0.2, 0.25) is 0 Å². The van der Waals surface area contributed by atoms with Gasteiger partial charge < -0.3 is 10.2 Å². The zero-order valence-electron chi connectivity index (χ0n) is 12.6. The van der Waals surface area contributed by atoms with Crippen LogP contribution in [0.5, 0.6) is 0 Å². The third kappa shape index (κ3) is 4.63. The Bertz CT molecular complexity index is 423. The molecule has 1 fully saturated rings. The van der Waals surface area contributed by atoms with Crippen LogP contribution in [0.1, 0.15) is 38.2 Å². The smallest absolute Gasteiger partial charge is 0.220 e. The Morgan fingerprint density at radius 1 is 1.45 bits per heavy atom. The normalized spacial score (nSPS) is 17.3. The van der Waals surface area contributed by atoms with Crippen molar-refractivity contribution in [2.45, 2.75) is 45.1 Å². The summed E-state index contributed by atoms with van der Waals surface area (Å²) in [6, 6.07) is 0.529. The topological polar surface area (TPSA) is 50.2 Å². The molecule has 0 radical (unpaired) electrons. The molecule has 5 nitrogen and oxygen atoms in total. The second-order valence-corrected chi connectivity index (χ2v) is 5.75. The second kappa shape index (κ2) is 7.43. The molecule has 1 saturated heterocycles. The van der Waals surface area contributed by atoms with Crippen molar-refractivity contribution in [3.63, 3.8) is 0 Å². The Kier molecular flexibility index (Phi) is 5.59. The zero-order valence-corrected chi connectivity index (χ0v) is 12.6. The highest BCUT2D eigenvalue weighted by molar-refractivity contribution is 5.75. The second-order valence-electron chi connectivity index (χ2n) is 5.75. The van der Waals surface area contributed by atoms with Crippen molar-refractivity contribution in [3.05, 3.63) is 18.0 Å². The van der Waals surface area contributed by atoms with Crippen LogP contribution in [0.4, 0.5) is 0 Å². The lowest BCUT2D eigenvalue weighted by molar-refractivity contribution is -0.121. The number of nitrogens with one attached hydrogen (secondary N) is 1. The van der Waals surface area contributed by atoms with Crippen molar-refractivity contribution < 1.29 is 4.79 Å². The number of aromatic nitrogens is 2. The van der Waals surface area contributed by atoms with Gasteiger partial charge >= 0.3 is 0 Å². The summed E-state index contributed by atoms with van der Waals surface area (Å²) in [6.45, 7) is 5.32. The number of rotatable bonds is 7. The van der Waals surface area contributed by atoms with Gasteiger partial charge in [0, 0.05) is 32.3 Å². The molecule has 0 saturated carbocycles. The van der Waals surface area contributed by atoms with E-state index in [9.17, 15) is 4.79 Å². The van der Waals surface area contributed by atoms with E-state index in [1.54, 1.807) is 4.68 Å². The molecular formula is C15H26N4O. The van der Waals surface area contributed by atoms with E-state index >= 15 is 0 Å². The lowest BCUT2D eigenvalue weighted by atomic mass is 10.1. The highest BCUT2D eigenvalue weighted by Gasteiger charge is 2.18. The summed E-state index contributed by atoms with van der Waals surface area (Å²) < 4.78 is 1.79. The van der Waals surface area contributed by atoms with E-state index in [0.717, 1.165) is 12.8 Å². The Morgan fingerprint density at radius 2 is 2.20 bits per heavy atom. The SMILES string of the molecule is CC(CCC(=O)NCCc1cnn(C)c1)N1CCCC1. The molecule has 0 bridgehead atoms. The molecule has 1 atom stereocenters. The van der Waals surface area contributed by atoms with Crippen LogP contribution >= 0.6 is 0 Å². The van der Waals surface area contributed by atoms with Gasteiger partial charge in [-0.1, -0.05) is 0 Å². The monoisotopic (exact) mass is 278 g/mol. The van der Waals surface area contributed by atoms with Gasteiger partial charge in [0.25, 0.3) is 0 Å². The number of carbonyl (C=O) groups is 1. The molecule has 2 rings (SSSR count). The summed E-state index contributed by atoms with van der Waals surface area (Å²) in [5, 5.41) is 7.11. The van der Waals surface area contributed by atoms with Gasteiger partial charge in [0.05, 0.1) is 6.20 Å². The first-order chi connectivity index (χ1) is 9.65. The van der Waals surface area contributed by atoms with E-state index in [1.165, 1.54) is 31.5 Å². The number of hydrogen-bond acceptors (Lipinski definition) is 3. The maximum absolute atomic E-state index is 11.8. The van der Waals surface area contributed by atoms with Crippen LogP contribution in [0, 0.1) is 0 Å². The number of carbonyl (C=O) groups excluding carboxylic acids is 1. The molecule has 5 heteroatoms. The molecule has 1 N–H and O–H groups in total. The predicted octanol–water partition coefficient (Wildman–Crippen LogP) is 1.34. The standard InChI is InChI=1S/C15H26N4O/c1-13(19-9-3-4-10-19)5-6-15(20)16-8-7-14-11-17-18(2)12-14/h11-13H,3-10H2,1-2H3,(H,16,20). The van der Waals surface area contributed by atoms with Crippen molar-refractivity contribution in [1.29, 1.82) is 0 Å². The average molecular weight is 278 g/mol. The van der Waals surface area contributed by atoms with Crippen LogP contribution in [0.15, 0.2) is 12.4 Å². The highest BCUT2D eigenvalue weighted by Crippen LogP contribution is 2.14. The molecule has 1 aliphatic rings. The van der Waals surface area contributed by atoms with Gasteiger partial charge in [-0.25, -0.2) is 0 Å². The molecule has 0 aromatic carbocycles. The largest absolute Gasteiger partial charge is 0.356 e. The van der Waals surface area contributed by atoms with E-state index in [0.29, 0.717) is 19.0 Å². The minimum atomic E-state index is 0.167. The van der Waals surface area contributed by atoms with Crippen LogP contribution in [-0.4, -0.2) is 46.3 Å². The summed E-state index contributed by atoms with van der Waals surface area (Å²) in [6.07, 6.45) is 8.89. The number of amides is 1. The fourth-order valence-electron chi connectivity index (χ4n) is 2.74. The van der Waals surface area contributed by atoms with Gasteiger partial charge in [0.2, 0.25) is 5.91 Å². The van der Waals surface area contributed by atoms with Gasteiger partial charge in [-0.2, -0.15) is 5.10 Å². The summed E-state index contributed by atoms with van der Waals surface area (Å²) >= 11 is 0. The fourth-order valence-corrected chi connectivity index (χ4v) is 2.74. The number of hydrogen-bond donors (Lipinski definition) is 1. The summed E-state index contributed by atoms with van der Waals surface area (Å²) in [7, 11) is 1.90. The van der Waals surface area contributed by atoms with Gasteiger partial charge in [-0.15, -0.1) is 0 Å². The van der Waals surface area contributed by atoms with Gasteiger partial charge in [0.1, 0.15) is 0 Å². The molecule has 1 aliphatic heterocycles. The maximum Gasteiger partial charge on any atom is 0.220 e. The lowest BCUT2D eigenvalue weighted by Crippen LogP contribution is -2.32. The maximum atomic E-state index is 11.8. The van der Waals surface area contributed by atoms with E-state index in [1.807, 2.05) is 19.4 Å². The predicted molar refractivity (Wildman–Crippen MR) is 79.4 cm³/mol. The van der Waals surface area contributed by atoms with Crippen molar-refractivity contribution in [2.75, 3.05) is 19.6 Å². The molecule has 1 unspecified atom stereocenters. The first-order valence-electron chi connectivity index (χ1n) is 7.63. The molecule has 1 aromatic heterocycles. The van der Waals surface area contributed by atoms with Crippen molar-refractivity contribution >= 4 is 5.91 Å². The molecule has 1 amide bonds. The molecule has 20 heavy (non-hydrogen) atoms. The highest BCUT2D eigenvalue weighted by atomic mass is 16.1. The first-order valence-corrected chi connectivity index (χ1v) is 7.63. The van der Waals surface area contributed by atoms with E-state index < -0.39 is 0 Å². The van der Waals surface area contributed by atoms with Gasteiger partial charge in [-0.05, 0) is 51.3 Å².